The van der Waals surface area contributed by atoms with Crippen molar-refractivity contribution in [1.82, 2.24) is 10.2 Å². The molecule has 1 aliphatic rings. The van der Waals surface area contributed by atoms with Crippen molar-refractivity contribution in [3.05, 3.63) is 93.4 Å². The number of nitrogens with one attached hydrogen (secondary N) is 1. The van der Waals surface area contributed by atoms with E-state index < -0.39 is 51.9 Å². The Morgan fingerprint density at radius 3 is 2.25 bits per heavy atom. The molecule has 2 amide bonds. The van der Waals surface area contributed by atoms with E-state index in [9.17, 15) is 31.2 Å². The normalized spacial score (nSPS) is 15.0. The van der Waals surface area contributed by atoms with Gasteiger partial charge < -0.3 is 10.2 Å². The van der Waals surface area contributed by atoms with E-state index in [-0.39, 0.29) is 22.5 Å². The molecule has 44 heavy (non-hydrogen) atoms. The molecule has 1 N–H and O–H groups in total. The Labute approximate surface area is 268 Å². The highest BCUT2D eigenvalue weighted by Crippen LogP contribution is 2.37. The van der Waals surface area contributed by atoms with Crippen LogP contribution >= 0.6 is 27.5 Å². The Morgan fingerprint density at radius 1 is 1.00 bits per heavy atom. The molecule has 4 rings (SSSR count). The maximum absolute atomic E-state index is 14.1. The molecule has 1 aliphatic carbocycles. The number of anilines is 1. The molecule has 0 unspecified atom stereocenters. The van der Waals surface area contributed by atoms with E-state index >= 15 is 0 Å². The lowest BCUT2D eigenvalue weighted by molar-refractivity contribution is -0.139. The summed E-state index contributed by atoms with van der Waals surface area (Å²) < 4.78 is 70.3. The van der Waals surface area contributed by atoms with Crippen molar-refractivity contribution >= 4 is 55.1 Å². The Balaban J connectivity index is 1.74. The fourth-order valence-corrected chi connectivity index (χ4v) is 7.03. The minimum atomic E-state index is -4.80. The number of hydrogen-bond donors (Lipinski definition) is 1. The van der Waals surface area contributed by atoms with Crippen molar-refractivity contribution in [2.24, 2.45) is 0 Å². The van der Waals surface area contributed by atoms with Crippen LogP contribution in [-0.4, -0.2) is 43.8 Å². The molecule has 3 aromatic rings. The zero-order chi connectivity index (χ0) is 32.1. The number of benzene rings is 3. The summed E-state index contributed by atoms with van der Waals surface area (Å²) in [6.07, 6.45) is -0.132. The van der Waals surface area contributed by atoms with Gasteiger partial charge in [0.25, 0.3) is 10.0 Å². The van der Waals surface area contributed by atoms with E-state index in [0.717, 1.165) is 48.7 Å². The highest BCUT2D eigenvalue weighted by Gasteiger charge is 2.36. The molecule has 7 nitrogen and oxygen atoms in total. The molecule has 236 valence electrons. The van der Waals surface area contributed by atoms with Crippen molar-refractivity contribution in [1.29, 1.82) is 0 Å². The summed E-state index contributed by atoms with van der Waals surface area (Å²) in [4.78, 5) is 28.5. The number of alkyl halides is 3. The Morgan fingerprint density at radius 2 is 1.64 bits per heavy atom. The average Bonchev–Trinajstić information content (AvgIpc) is 3.00. The molecule has 0 saturated heterocycles. The lowest BCUT2D eigenvalue weighted by atomic mass is 9.95. The second-order valence-electron chi connectivity index (χ2n) is 10.7. The smallest absolute Gasteiger partial charge is 0.352 e. The minimum absolute atomic E-state index is 0.0396. The Kier molecular flexibility index (Phi) is 11.0. The minimum Gasteiger partial charge on any atom is -0.352 e. The first-order valence-corrected chi connectivity index (χ1v) is 16.7. The number of carbonyl (C=O) groups is 2. The van der Waals surface area contributed by atoms with Crippen LogP contribution in [0.5, 0.6) is 0 Å². The summed E-state index contributed by atoms with van der Waals surface area (Å²) in [6.45, 7) is 0.582. The lowest BCUT2D eigenvalue weighted by Gasteiger charge is -2.33. The number of rotatable bonds is 10. The molecule has 13 heteroatoms. The van der Waals surface area contributed by atoms with Crippen LogP contribution in [-0.2, 0) is 32.3 Å². The second-order valence-corrected chi connectivity index (χ2v) is 13.8. The van der Waals surface area contributed by atoms with E-state index in [1.165, 1.54) is 29.2 Å². The molecule has 0 radical (unpaired) electrons. The predicted molar refractivity (Wildman–Crippen MR) is 167 cm³/mol. The van der Waals surface area contributed by atoms with Crippen molar-refractivity contribution in [3.63, 3.8) is 0 Å². The SMILES string of the molecule is C[C@@H](C(=O)NC1CCCCC1)N(Cc1ccc(Br)cc1)C(=O)CN(c1cc(C(F)(F)F)ccc1Cl)S(=O)(=O)c1ccccc1. The van der Waals surface area contributed by atoms with Gasteiger partial charge in [0, 0.05) is 17.1 Å². The molecule has 1 atom stereocenters. The van der Waals surface area contributed by atoms with E-state index in [1.54, 1.807) is 37.3 Å². The summed E-state index contributed by atoms with van der Waals surface area (Å²) in [5.74, 6) is -1.20. The van der Waals surface area contributed by atoms with Gasteiger partial charge in [-0.1, -0.05) is 77.1 Å². The molecule has 0 aromatic heterocycles. The number of carbonyl (C=O) groups excluding carboxylic acids is 2. The molecular formula is C31H32BrClF3N3O4S. The van der Waals surface area contributed by atoms with Crippen LogP contribution in [0.4, 0.5) is 18.9 Å². The van der Waals surface area contributed by atoms with Gasteiger partial charge in [-0.3, -0.25) is 13.9 Å². The van der Waals surface area contributed by atoms with Gasteiger partial charge in [-0.05, 0) is 67.8 Å². The van der Waals surface area contributed by atoms with Gasteiger partial charge in [-0.15, -0.1) is 0 Å². The van der Waals surface area contributed by atoms with Crippen molar-refractivity contribution < 1.29 is 31.2 Å². The van der Waals surface area contributed by atoms with E-state index in [2.05, 4.69) is 21.2 Å². The van der Waals surface area contributed by atoms with Gasteiger partial charge >= 0.3 is 6.18 Å². The van der Waals surface area contributed by atoms with Crippen LogP contribution in [0.1, 0.15) is 50.2 Å². The molecule has 1 fully saturated rings. The van der Waals surface area contributed by atoms with Crippen LogP contribution in [0.15, 0.2) is 82.2 Å². The van der Waals surface area contributed by atoms with Crippen LogP contribution < -0.4 is 9.62 Å². The van der Waals surface area contributed by atoms with Crippen molar-refractivity contribution in [2.75, 3.05) is 10.8 Å². The average molecular weight is 715 g/mol. The predicted octanol–water partition coefficient (Wildman–Crippen LogP) is 7.18. The zero-order valence-corrected chi connectivity index (χ0v) is 27.0. The lowest BCUT2D eigenvalue weighted by Crippen LogP contribution is -2.53. The van der Waals surface area contributed by atoms with Crippen LogP contribution in [0.25, 0.3) is 0 Å². The Bertz CT molecular complexity index is 1570. The third kappa shape index (κ3) is 8.33. The zero-order valence-electron chi connectivity index (χ0n) is 23.9. The van der Waals surface area contributed by atoms with Gasteiger partial charge in [0.05, 0.1) is 21.2 Å². The fourth-order valence-electron chi connectivity index (χ4n) is 5.05. The molecule has 3 aromatic carbocycles. The maximum atomic E-state index is 14.1. The maximum Gasteiger partial charge on any atom is 0.416 e. The summed E-state index contributed by atoms with van der Waals surface area (Å²) in [5.41, 5.74) is -0.986. The van der Waals surface area contributed by atoms with Crippen LogP contribution in [0.3, 0.4) is 0 Å². The summed E-state index contributed by atoms with van der Waals surface area (Å²) in [7, 11) is -4.59. The van der Waals surface area contributed by atoms with E-state index in [4.69, 9.17) is 11.6 Å². The quantitative estimate of drug-likeness (QED) is 0.241. The number of amides is 2. The standard InChI is InChI=1S/C31H32BrClF3N3O4S/c1-21(30(41)37-25-8-4-2-5-9-25)38(19-22-12-15-24(32)16-13-22)29(40)20-39(44(42,43)26-10-6-3-7-11-26)28-18-23(31(34,35)36)14-17-27(28)33/h3,6-7,10-18,21,25H,2,4-5,8-9,19-20H2,1H3,(H,37,41)/t21-/m0/s1. The van der Waals surface area contributed by atoms with Gasteiger partial charge in [-0.2, -0.15) is 13.2 Å². The number of halogens is 5. The Hall–Kier alpha value is -3.09. The largest absolute Gasteiger partial charge is 0.416 e. The summed E-state index contributed by atoms with van der Waals surface area (Å²) >= 11 is 9.66. The first-order chi connectivity index (χ1) is 20.8. The van der Waals surface area contributed by atoms with Gasteiger partial charge in [-0.25, -0.2) is 8.42 Å². The fraction of sp³-hybridized carbons (Fsp3) is 0.355. The highest BCUT2D eigenvalue weighted by molar-refractivity contribution is 9.10. The summed E-state index contributed by atoms with van der Waals surface area (Å²) in [6, 6.07) is 15.3. The first-order valence-electron chi connectivity index (χ1n) is 14.1. The van der Waals surface area contributed by atoms with Crippen molar-refractivity contribution in [3.8, 4) is 0 Å². The third-order valence-electron chi connectivity index (χ3n) is 7.54. The van der Waals surface area contributed by atoms with Gasteiger partial charge in [0.15, 0.2) is 0 Å². The number of hydrogen-bond acceptors (Lipinski definition) is 4. The van der Waals surface area contributed by atoms with Gasteiger partial charge in [0.1, 0.15) is 12.6 Å². The van der Waals surface area contributed by atoms with Gasteiger partial charge in [0.2, 0.25) is 11.8 Å². The van der Waals surface area contributed by atoms with E-state index in [1.807, 2.05) is 0 Å². The molecule has 0 heterocycles. The number of sulfonamides is 1. The van der Waals surface area contributed by atoms with Crippen LogP contribution in [0, 0.1) is 0 Å². The molecule has 0 aliphatic heterocycles. The van der Waals surface area contributed by atoms with Crippen molar-refractivity contribution in [2.45, 2.75) is 68.7 Å². The molecule has 1 saturated carbocycles. The van der Waals surface area contributed by atoms with E-state index in [0.29, 0.717) is 15.9 Å². The number of nitrogens with zero attached hydrogens (tertiary/aromatic N) is 2. The first kappa shape index (κ1) is 33.8. The second kappa shape index (κ2) is 14.3. The van der Waals surface area contributed by atoms with Crippen LogP contribution in [0.2, 0.25) is 5.02 Å². The monoisotopic (exact) mass is 713 g/mol. The molecule has 0 bridgehead atoms. The third-order valence-corrected chi connectivity index (χ3v) is 10.2. The highest BCUT2D eigenvalue weighted by atomic mass is 79.9. The summed E-state index contributed by atoms with van der Waals surface area (Å²) in [5, 5.41) is 2.71. The molecule has 0 spiro atoms. The topological polar surface area (TPSA) is 86.8 Å². The molecular weight excluding hydrogens is 683 g/mol.